The number of hydrogen-bond acceptors (Lipinski definition) is 3. The highest BCUT2D eigenvalue weighted by Gasteiger charge is 2.29. The lowest BCUT2D eigenvalue weighted by Crippen LogP contribution is -2.44. The van der Waals surface area contributed by atoms with Gasteiger partial charge in [-0.25, -0.2) is 0 Å². The molecule has 0 spiro atoms. The van der Waals surface area contributed by atoms with Crippen molar-refractivity contribution in [3.8, 4) is 0 Å². The molecule has 1 rings (SSSR count). The van der Waals surface area contributed by atoms with Gasteiger partial charge in [0.15, 0.2) is 0 Å². The number of likely N-dealkylation sites (tertiary alicyclic amines) is 1. The minimum Gasteiger partial charge on any atom is -0.492 e. The standard InChI is InChI=1S/C17H27NO2/c1-5-7-9-16(8-6-2)20-15-14-18-12-10-17(3,19-4)11-13-18/h5-9H,1-2,10-15H2,3-4H3/b9-7-,16-8+. The molecule has 1 aliphatic heterocycles. The highest BCUT2D eigenvalue weighted by atomic mass is 16.5. The van der Waals surface area contributed by atoms with E-state index in [0.717, 1.165) is 38.2 Å². The molecule has 20 heavy (non-hydrogen) atoms. The summed E-state index contributed by atoms with van der Waals surface area (Å²) in [6, 6.07) is 0. The van der Waals surface area contributed by atoms with E-state index in [0.29, 0.717) is 6.61 Å². The lowest BCUT2D eigenvalue weighted by molar-refractivity contribution is -0.0448. The third kappa shape index (κ3) is 5.76. The van der Waals surface area contributed by atoms with Gasteiger partial charge >= 0.3 is 0 Å². The minimum atomic E-state index is 0.0535. The fraction of sp³-hybridized carbons (Fsp3) is 0.529. The molecular formula is C17H27NO2. The van der Waals surface area contributed by atoms with Gasteiger partial charge in [-0.15, -0.1) is 0 Å². The molecule has 1 fully saturated rings. The molecule has 0 aromatic rings. The first-order chi connectivity index (χ1) is 9.63. The monoisotopic (exact) mass is 277 g/mol. The fourth-order valence-electron chi connectivity index (χ4n) is 2.18. The van der Waals surface area contributed by atoms with Crippen LogP contribution in [-0.2, 0) is 9.47 Å². The van der Waals surface area contributed by atoms with Crippen molar-refractivity contribution in [1.29, 1.82) is 0 Å². The molecule has 0 N–H and O–H groups in total. The Hall–Kier alpha value is -1.32. The molecule has 0 radical (unpaired) electrons. The van der Waals surface area contributed by atoms with Gasteiger partial charge in [-0.1, -0.05) is 31.4 Å². The van der Waals surface area contributed by atoms with Gasteiger partial charge in [0, 0.05) is 26.7 Å². The maximum Gasteiger partial charge on any atom is 0.119 e. The molecule has 112 valence electrons. The molecule has 1 heterocycles. The second kappa shape index (κ2) is 8.77. The first-order valence-electron chi connectivity index (χ1n) is 7.15. The zero-order valence-corrected chi connectivity index (χ0v) is 12.8. The third-order valence-corrected chi connectivity index (χ3v) is 3.76. The van der Waals surface area contributed by atoms with Crippen molar-refractivity contribution in [2.45, 2.75) is 25.4 Å². The summed E-state index contributed by atoms with van der Waals surface area (Å²) in [4.78, 5) is 2.42. The first kappa shape index (κ1) is 16.7. The van der Waals surface area contributed by atoms with E-state index in [1.807, 2.05) is 18.2 Å². The molecule has 0 aliphatic carbocycles. The molecule has 0 amide bonds. The number of ether oxygens (including phenoxy) is 2. The Morgan fingerprint density at radius 1 is 1.25 bits per heavy atom. The Labute approximate surface area is 123 Å². The largest absolute Gasteiger partial charge is 0.492 e. The van der Waals surface area contributed by atoms with Gasteiger partial charge in [-0.05, 0) is 31.9 Å². The van der Waals surface area contributed by atoms with Crippen LogP contribution in [0.25, 0.3) is 0 Å². The molecule has 0 bridgehead atoms. The summed E-state index contributed by atoms with van der Waals surface area (Å²) < 4.78 is 11.3. The zero-order valence-electron chi connectivity index (χ0n) is 12.8. The van der Waals surface area contributed by atoms with Crippen LogP contribution in [0, 0.1) is 0 Å². The normalized spacial score (nSPS) is 20.0. The summed E-state index contributed by atoms with van der Waals surface area (Å²) in [6.07, 6.45) is 11.2. The summed E-state index contributed by atoms with van der Waals surface area (Å²) in [7, 11) is 1.80. The first-order valence-corrected chi connectivity index (χ1v) is 7.15. The van der Waals surface area contributed by atoms with Crippen LogP contribution in [0.3, 0.4) is 0 Å². The second-order valence-corrected chi connectivity index (χ2v) is 5.24. The Morgan fingerprint density at radius 2 is 1.95 bits per heavy atom. The summed E-state index contributed by atoms with van der Waals surface area (Å²) >= 11 is 0. The van der Waals surface area contributed by atoms with Crippen molar-refractivity contribution < 1.29 is 9.47 Å². The van der Waals surface area contributed by atoms with Gasteiger partial charge in [0.05, 0.1) is 5.60 Å². The third-order valence-electron chi connectivity index (χ3n) is 3.76. The maximum absolute atomic E-state index is 5.75. The van der Waals surface area contributed by atoms with Crippen molar-refractivity contribution >= 4 is 0 Å². The van der Waals surface area contributed by atoms with E-state index in [1.54, 1.807) is 19.3 Å². The van der Waals surface area contributed by atoms with Gasteiger partial charge in [-0.2, -0.15) is 0 Å². The van der Waals surface area contributed by atoms with Crippen LogP contribution in [0.5, 0.6) is 0 Å². The van der Waals surface area contributed by atoms with Gasteiger partial charge in [0.2, 0.25) is 0 Å². The van der Waals surface area contributed by atoms with Gasteiger partial charge in [0.25, 0.3) is 0 Å². The predicted octanol–water partition coefficient (Wildman–Crippen LogP) is 3.32. The topological polar surface area (TPSA) is 21.7 Å². The lowest BCUT2D eigenvalue weighted by atomic mass is 9.93. The Morgan fingerprint density at radius 3 is 2.50 bits per heavy atom. The Bertz CT molecular complexity index is 363. The average Bonchev–Trinajstić information content (AvgIpc) is 2.47. The van der Waals surface area contributed by atoms with Gasteiger partial charge in [0.1, 0.15) is 12.4 Å². The van der Waals surface area contributed by atoms with Gasteiger partial charge < -0.3 is 9.47 Å². The van der Waals surface area contributed by atoms with E-state index in [2.05, 4.69) is 25.0 Å². The van der Waals surface area contributed by atoms with Crippen LogP contribution in [0.1, 0.15) is 19.8 Å². The molecule has 0 aromatic heterocycles. The molecule has 0 unspecified atom stereocenters. The van der Waals surface area contributed by atoms with Crippen molar-refractivity contribution in [3.63, 3.8) is 0 Å². The van der Waals surface area contributed by atoms with Crippen LogP contribution >= 0.6 is 0 Å². The van der Waals surface area contributed by atoms with Crippen molar-refractivity contribution in [2.24, 2.45) is 0 Å². The molecule has 3 nitrogen and oxygen atoms in total. The smallest absolute Gasteiger partial charge is 0.119 e. The van der Waals surface area contributed by atoms with Crippen LogP contribution in [-0.4, -0.2) is 43.9 Å². The summed E-state index contributed by atoms with van der Waals surface area (Å²) in [5, 5.41) is 0. The quantitative estimate of drug-likeness (QED) is 0.502. The minimum absolute atomic E-state index is 0.0535. The summed E-state index contributed by atoms with van der Waals surface area (Å²) in [5.41, 5.74) is 0.0535. The molecule has 1 aliphatic rings. The number of hydrogen-bond donors (Lipinski definition) is 0. The number of rotatable bonds is 8. The Balaban J connectivity index is 2.30. The van der Waals surface area contributed by atoms with Crippen LogP contribution < -0.4 is 0 Å². The van der Waals surface area contributed by atoms with E-state index in [4.69, 9.17) is 9.47 Å². The molecule has 1 saturated heterocycles. The van der Waals surface area contributed by atoms with Crippen molar-refractivity contribution in [3.05, 3.63) is 49.3 Å². The van der Waals surface area contributed by atoms with E-state index in [9.17, 15) is 0 Å². The number of allylic oxidation sites excluding steroid dienone is 5. The molecule has 0 atom stereocenters. The van der Waals surface area contributed by atoms with Crippen LogP contribution in [0.15, 0.2) is 49.3 Å². The van der Waals surface area contributed by atoms with Crippen LogP contribution in [0.2, 0.25) is 0 Å². The molecule has 3 heteroatoms. The van der Waals surface area contributed by atoms with Gasteiger partial charge in [-0.3, -0.25) is 4.90 Å². The predicted molar refractivity (Wildman–Crippen MR) is 84.7 cm³/mol. The summed E-state index contributed by atoms with van der Waals surface area (Å²) in [6.45, 7) is 13.3. The second-order valence-electron chi connectivity index (χ2n) is 5.24. The molecule has 0 aromatic carbocycles. The average molecular weight is 277 g/mol. The van der Waals surface area contributed by atoms with E-state index in [-0.39, 0.29) is 5.60 Å². The zero-order chi connectivity index (χ0) is 14.8. The highest BCUT2D eigenvalue weighted by Crippen LogP contribution is 2.24. The maximum atomic E-state index is 5.75. The van der Waals surface area contributed by atoms with Crippen molar-refractivity contribution in [2.75, 3.05) is 33.4 Å². The number of piperidine rings is 1. The Kier molecular flexibility index (Phi) is 7.34. The summed E-state index contributed by atoms with van der Waals surface area (Å²) in [5.74, 6) is 0.818. The van der Waals surface area contributed by atoms with E-state index < -0.39 is 0 Å². The SMILES string of the molecule is C=C/C=C\C(=C/C=C)OCCN1CCC(C)(OC)CC1. The highest BCUT2D eigenvalue weighted by molar-refractivity contribution is 5.19. The molecule has 0 saturated carbocycles. The fourth-order valence-corrected chi connectivity index (χ4v) is 2.18. The van der Waals surface area contributed by atoms with Crippen molar-refractivity contribution in [1.82, 2.24) is 4.90 Å². The van der Waals surface area contributed by atoms with Crippen LogP contribution in [0.4, 0.5) is 0 Å². The molecular weight excluding hydrogens is 250 g/mol. The van der Waals surface area contributed by atoms with E-state index in [1.165, 1.54) is 0 Å². The number of nitrogens with zero attached hydrogens (tertiary/aromatic N) is 1. The lowest BCUT2D eigenvalue weighted by Gasteiger charge is -2.38. The van der Waals surface area contributed by atoms with E-state index >= 15 is 0 Å². The number of methoxy groups -OCH3 is 1.